The Morgan fingerprint density at radius 3 is 2.54 bits per heavy atom. The van der Waals surface area contributed by atoms with Gasteiger partial charge in [0, 0.05) is 31.2 Å². The molecule has 2 aliphatic rings. The highest BCUT2D eigenvalue weighted by Crippen LogP contribution is 2.30. The molecule has 1 aromatic carbocycles. The van der Waals surface area contributed by atoms with E-state index in [2.05, 4.69) is 13.0 Å². The number of carbonyl (C=O) groups excluding carboxylic acids is 2. The Morgan fingerprint density at radius 2 is 1.88 bits per heavy atom. The third-order valence-corrected chi connectivity index (χ3v) is 5.37. The average molecular weight is 328 g/mol. The molecule has 130 valence electrons. The molecule has 1 aromatic rings. The Morgan fingerprint density at radius 1 is 1.17 bits per heavy atom. The summed E-state index contributed by atoms with van der Waals surface area (Å²) in [6.07, 6.45) is 4.75. The van der Waals surface area contributed by atoms with Gasteiger partial charge in [-0.05, 0) is 62.8 Å². The van der Waals surface area contributed by atoms with E-state index in [0.717, 1.165) is 42.6 Å². The molecule has 2 fully saturated rings. The molecule has 0 saturated carbocycles. The molecule has 2 amide bonds. The van der Waals surface area contributed by atoms with Gasteiger partial charge >= 0.3 is 0 Å². The fourth-order valence-corrected chi connectivity index (χ4v) is 4.18. The van der Waals surface area contributed by atoms with Crippen LogP contribution in [0.3, 0.4) is 0 Å². The second kappa shape index (κ2) is 6.96. The Balaban J connectivity index is 1.75. The third-order valence-electron chi connectivity index (χ3n) is 5.37. The highest BCUT2D eigenvalue weighted by atomic mass is 16.2. The number of aryl methyl sites for hydroxylation is 2. The first-order valence-electron chi connectivity index (χ1n) is 9.18. The lowest BCUT2D eigenvalue weighted by Gasteiger charge is -2.36. The van der Waals surface area contributed by atoms with Crippen molar-refractivity contribution in [1.29, 1.82) is 0 Å². The summed E-state index contributed by atoms with van der Waals surface area (Å²) in [5, 5.41) is 0. The molecule has 4 heteroatoms. The van der Waals surface area contributed by atoms with Gasteiger partial charge in [-0.1, -0.05) is 13.0 Å². The van der Waals surface area contributed by atoms with Gasteiger partial charge in [0.1, 0.15) is 0 Å². The third kappa shape index (κ3) is 3.33. The zero-order valence-corrected chi connectivity index (χ0v) is 15.0. The first-order chi connectivity index (χ1) is 11.5. The van der Waals surface area contributed by atoms with Crippen LogP contribution in [-0.4, -0.2) is 35.8 Å². The van der Waals surface area contributed by atoms with Crippen molar-refractivity contribution in [2.24, 2.45) is 5.92 Å². The smallest absolute Gasteiger partial charge is 0.228 e. The second-order valence-electron chi connectivity index (χ2n) is 7.34. The molecule has 0 N–H and O–H groups in total. The number of carbonyl (C=O) groups is 2. The molecule has 2 saturated heterocycles. The van der Waals surface area contributed by atoms with Gasteiger partial charge < -0.3 is 9.80 Å². The van der Waals surface area contributed by atoms with E-state index in [1.54, 1.807) is 4.90 Å². The topological polar surface area (TPSA) is 40.6 Å². The first kappa shape index (κ1) is 17.0. The van der Waals surface area contributed by atoms with Crippen molar-refractivity contribution >= 4 is 17.5 Å². The van der Waals surface area contributed by atoms with Crippen LogP contribution in [0.1, 0.15) is 50.2 Å². The highest BCUT2D eigenvalue weighted by molar-refractivity contribution is 6.00. The van der Waals surface area contributed by atoms with Crippen LogP contribution in [0.4, 0.5) is 5.69 Å². The van der Waals surface area contributed by atoms with Gasteiger partial charge in [0.15, 0.2) is 0 Å². The molecular weight excluding hydrogens is 300 g/mol. The van der Waals surface area contributed by atoms with Gasteiger partial charge in [0.2, 0.25) is 11.8 Å². The lowest BCUT2D eigenvalue weighted by atomic mass is 9.97. The van der Waals surface area contributed by atoms with Gasteiger partial charge in [0.25, 0.3) is 0 Å². The summed E-state index contributed by atoms with van der Waals surface area (Å²) in [7, 11) is 0. The molecule has 24 heavy (non-hydrogen) atoms. The summed E-state index contributed by atoms with van der Waals surface area (Å²) >= 11 is 0. The van der Waals surface area contributed by atoms with Crippen LogP contribution in [-0.2, 0) is 9.59 Å². The molecule has 2 aliphatic heterocycles. The zero-order valence-electron chi connectivity index (χ0n) is 15.0. The Bertz CT molecular complexity index is 620. The predicted molar refractivity (Wildman–Crippen MR) is 96.0 cm³/mol. The molecule has 0 aromatic heterocycles. The number of likely N-dealkylation sites (tertiary alicyclic amines) is 1. The molecular formula is C20H28N2O2. The minimum Gasteiger partial charge on any atom is -0.339 e. The van der Waals surface area contributed by atoms with Crippen molar-refractivity contribution in [2.45, 2.75) is 58.9 Å². The van der Waals surface area contributed by atoms with E-state index in [1.165, 1.54) is 6.42 Å². The molecule has 0 bridgehead atoms. The SMILES string of the molecule is CCC1CCCCN1C(=O)C1CC(=O)N(c2cc(C)cc(C)c2)C1. The maximum Gasteiger partial charge on any atom is 0.228 e. The fraction of sp³-hybridized carbons (Fsp3) is 0.600. The highest BCUT2D eigenvalue weighted by Gasteiger charge is 2.39. The Labute approximate surface area is 144 Å². The summed E-state index contributed by atoms with van der Waals surface area (Å²) in [4.78, 5) is 29.3. The van der Waals surface area contributed by atoms with Crippen molar-refractivity contribution < 1.29 is 9.59 Å². The number of amides is 2. The maximum atomic E-state index is 13.0. The van der Waals surface area contributed by atoms with E-state index in [0.29, 0.717) is 19.0 Å². The molecule has 0 radical (unpaired) electrons. The van der Waals surface area contributed by atoms with Crippen LogP contribution >= 0.6 is 0 Å². The van der Waals surface area contributed by atoms with Gasteiger partial charge in [-0.3, -0.25) is 9.59 Å². The fourth-order valence-electron chi connectivity index (χ4n) is 4.18. The van der Waals surface area contributed by atoms with E-state index in [1.807, 2.05) is 30.9 Å². The van der Waals surface area contributed by atoms with E-state index >= 15 is 0 Å². The summed E-state index contributed by atoms with van der Waals surface area (Å²) < 4.78 is 0. The van der Waals surface area contributed by atoms with Gasteiger partial charge in [0.05, 0.1) is 5.92 Å². The number of nitrogens with zero attached hydrogens (tertiary/aromatic N) is 2. The first-order valence-corrected chi connectivity index (χ1v) is 9.18. The number of benzene rings is 1. The minimum atomic E-state index is -0.189. The zero-order chi connectivity index (χ0) is 17.3. The number of hydrogen-bond donors (Lipinski definition) is 0. The molecule has 0 aliphatic carbocycles. The Hall–Kier alpha value is -1.84. The normalized spacial score (nSPS) is 24.5. The van der Waals surface area contributed by atoms with E-state index in [4.69, 9.17) is 0 Å². The summed E-state index contributed by atoms with van der Waals surface area (Å²) in [5.41, 5.74) is 3.22. The largest absolute Gasteiger partial charge is 0.339 e. The maximum absolute atomic E-state index is 13.0. The quantitative estimate of drug-likeness (QED) is 0.853. The minimum absolute atomic E-state index is 0.0726. The van der Waals surface area contributed by atoms with Crippen LogP contribution in [0.2, 0.25) is 0 Å². The average Bonchev–Trinajstić information content (AvgIpc) is 2.95. The van der Waals surface area contributed by atoms with Gasteiger partial charge in [-0.2, -0.15) is 0 Å². The predicted octanol–water partition coefficient (Wildman–Crippen LogP) is 3.45. The lowest BCUT2D eigenvalue weighted by molar-refractivity contribution is -0.139. The monoisotopic (exact) mass is 328 g/mol. The summed E-state index contributed by atoms with van der Waals surface area (Å²) in [5.74, 6) is 0.0654. The van der Waals surface area contributed by atoms with Crippen molar-refractivity contribution in [1.82, 2.24) is 4.90 Å². The standard InChI is InChI=1S/C20H28N2O2/c1-4-17-7-5-6-8-21(17)20(24)16-12-19(23)22(13-16)18-10-14(2)9-15(3)11-18/h9-11,16-17H,4-8,12-13H2,1-3H3. The van der Waals surface area contributed by atoms with Crippen LogP contribution in [0, 0.1) is 19.8 Å². The van der Waals surface area contributed by atoms with Gasteiger partial charge in [-0.15, -0.1) is 0 Å². The molecule has 2 heterocycles. The van der Waals surface area contributed by atoms with E-state index in [-0.39, 0.29) is 17.7 Å². The summed E-state index contributed by atoms with van der Waals surface area (Å²) in [6, 6.07) is 6.53. The number of hydrogen-bond acceptors (Lipinski definition) is 2. The number of piperidine rings is 1. The second-order valence-corrected chi connectivity index (χ2v) is 7.34. The van der Waals surface area contributed by atoms with Crippen molar-refractivity contribution in [2.75, 3.05) is 18.0 Å². The van der Waals surface area contributed by atoms with Crippen molar-refractivity contribution in [3.8, 4) is 0 Å². The molecule has 2 atom stereocenters. The van der Waals surface area contributed by atoms with Crippen LogP contribution in [0.25, 0.3) is 0 Å². The van der Waals surface area contributed by atoms with E-state index in [9.17, 15) is 9.59 Å². The van der Waals surface area contributed by atoms with Crippen molar-refractivity contribution in [3.63, 3.8) is 0 Å². The van der Waals surface area contributed by atoms with Crippen molar-refractivity contribution in [3.05, 3.63) is 29.3 Å². The lowest BCUT2D eigenvalue weighted by Crippen LogP contribution is -2.46. The van der Waals surface area contributed by atoms with Gasteiger partial charge in [-0.25, -0.2) is 0 Å². The molecule has 3 rings (SSSR count). The summed E-state index contributed by atoms with van der Waals surface area (Å²) in [6.45, 7) is 7.61. The number of anilines is 1. The Kier molecular flexibility index (Phi) is 4.93. The van der Waals surface area contributed by atoms with Crippen LogP contribution in [0.5, 0.6) is 0 Å². The van der Waals surface area contributed by atoms with Crippen LogP contribution < -0.4 is 4.90 Å². The number of rotatable bonds is 3. The molecule has 2 unspecified atom stereocenters. The molecule has 0 spiro atoms. The molecule has 4 nitrogen and oxygen atoms in total. The van der Waals surface area contributed by atoms with E-state index < -0.39 is 0 Å². The van der Waals surface area contributed by atoms with Crippen LogP contribution in [0.15, 0.2) is 18.2 Å².